The minimum atomic E-state index is -4.02. The number of fused-ring (bicyclic) bond motifs is 1. The number of hydrogen-bond acceptors (Lipinski definition) is 5. The lowest BCUT2D eigenvalue weighted by molar-refractivity contribution is -0.150. The van der Waals surface area contributed by atoms with E-state index in [0.29, 0.717) is 12.2 Å². The van der Waals surface area contributed by atoms with Crippen molar-refractivity contribution in [1.82, 2.24) is 4.31 Å². The molecule has 0 unspecified atom stereocenters. The molecular formula is C16H21NO6S. The number of carboxylic acids is 1. The minimum Gasteiger partial charge on any atom is -0.486 e. The van der Waals surface area contributed by atoms with Crippen LogP contribution < -0.4 is 4.74 Å². The Morgan fingerprint density at radius 2 is 2.08 bits per heavy atom. The molecule has 1 aromatic rings. The number of para-hydroxylation sites is 1. The first-order valence-electron chi connectivity index (χ1n) is 7.81. The van der Waals surface area contributed by atoms with Gasteiger partial charge in [0.2, 0.25) is 10.0 Å². The Bertz CT molecular complexity index is 773. The van der Waals surface area contributed by atoms with E-state index in [2.05, 4.69) is 0 Å². The molecule has 1 fully saturated rings. The van der Waals surface area contributed by atoms with Crippen molar-refractivity contribution in [3.8, 4) is 5.75 Å². The summed E-state index contributed by atoms with van der Waals surface area (Å²) in [6.45, 7) is 5.50. The number of rotatable bonds is 3. The molecule has 0 aromatic heterocycles. The van der Waals surface area contributed by atoms with Crippen LogP contribution in [0.15, 0.2) is 23.1 Å². The van der Waals surface area contributed by atoms with Gasteiger partial charge >= 0.3 is 5.97 Å². The van der Waals surface area contributed by atoms with Crippen LogP contribution in [0, 0.1) is 0 Å². The Kier molecular flexibility index (Phi) is 4.09. The monoisotopic (exact) mass is 355 g/mol. The van der Waals surface area contributed by atoms with Crippen molar-refractivity contribution in [3.05, 3.63) is 23.8 Å². The van der Waals surface area contributed by atoms with Gasteiger partial charge in [-0.3, -0.25) is 4.79 Å². The molecule has 2 aliphatic heterocycles. The van der Waals surface area contributed by atoms with Crippen LogP contribution in [-0.2, 0) is 26.0 Å². The quantitative estimate of drug-likeness (QED) is 0.877. The highest BCUT2D eigenvalue weighted by atomic mass is 32.2. The zero-order chi connectivity index (χ0) is 17.7. The molecule has 3 rings (SSSR count). The molecule has 7 nitrogen and oxygen atoms in total. The maximum absolute atomic E-state index is 13.1. The fourth-order valence-electron chi connectivity index (χ4n) is 3.30. The van der Waals surface area contributed by atoms with Crippen LogP contribution in [0.5, 0.6) is 5.75 Å². The van der Waals surface area contributed by atoms with E-state index < -0.39 is 33.7 Å². The Morgan fingerprint density at radius 3 is 2.75 bits per heavy atom. The summed E-state index contributed by atoms with van der Waals surface area (Å²) in [4.78, 5) is 11.6. The van der Waals surface area contributed by atoms with E-state index in [1.165, 1.54) is 6.07 Å². The fourth-order valence-corrected chi connectivity index (χ4v) is 5.09. The molecule has 0 saturated carbocycles. The summed E-state index contributed by atoms with van der Waals surface area (Å²) in [5.74, 6) is -0.898. The number of benzene rings is 1. The number of morpholine rings is 1. The number of nitrogens with zero attached hydrogens (tertiary/aromatic N) is 1. The molecule has 0 radical (unpaired) electrons. The fraction of sp³-hybridized carbons (Fsp3) is 0.562. The number of hydrogen-bond donors (Lipinski definition) is 1. The second-order valence-corrected chi connectivity index (χ2v) is 8.62. The average molecular weight is 355 g/mol. The van der Waals surface area contributed by atoms with Crippen LogP contribution in [0.4, 0.5) is 0 Å². The molecule has 2 heterocycles. The second-order valence-electron chi connectivity index (χ2n) is 6.76. The summed E-state index contributed by atoms with van der Waals surface area (Å²) < 4.78 is 38.5. The van der Waals surface area contributed by atoms with Gasteiger partial charge in [-0.15, -0.1) is 0 Å². The van der Waals surface area contributed by atoms with Crippen molar-refractivity contribution >= 4 is 16.0 Å². The lowest BCUT2D eigenvalue weighted by Crippen LogP contribution is -2.56. The van der Waals surface area contributed by atoms with E-state index >= 15 is 0 Å². The topological polar surface area (TPSA) is 93.1 Å². The van der Waals surface area contributed by atoms with Crippen LogP contribution in [0.1, 0.15) is 26.3 Å². The van der Waals surface area contributed by atoms with Crippen molar-refractivity contribution in [2.45, 2.75) is 49.8 Å². The van der Waals surface area contributed by atoms with Gasteiger partial charge in [0, 0.05) is 13.0 Å². The van der Waals surface area contributed by atoms with Gasteiger partial charge in [-0.2, -0.15) is 4.31 Å². The smallest absolute Gasteiger partial charge is 0.324 e. The van der Waals surface area contributed by atoms with Gasteiger partial charge in [0.15, 0.2) is 0 Å². The average Bonchev–Trinajstić information content (AvgIpc) is 2.79. The summed E-state index contributed by atoms with van der Waals surface area (Å²) in [6, 6.07) is 3.71. The molecule has 0 spiro atoms. The van der Waals surface area contributed by atoms with E-state index in [1.54, 1.807) is 13.0 Å². The molecule has 24 heavy (non-hydrogen) atoms. The molecule has 1 N–H and O–H groups in total. The Balaban J connectivity index is 2.06. The maximum atomic E-state index is 13.1. The molecule has 2 atom stereocenters. The predicted molar refractivity (Wildman–Crippen MR) is 85.6 cm³/mol. The van der Waals surface area contributed by atoms with Gasteiger partial charge in [-0.1, -0.05) is 12.1 Å². The summed E-state index contributed by atoms with van der Waals surface area (Å²) >= 11 is 0. The zero-order valence-corrected chi connectivity index (χ0v) is 14.7. The van der Waals surface area contributed by atoms with Crippen LogP contribution >= 0.6 is 0 Å². The Morgan fingerprint density at radius 1 is 1.38 bits per heavy atom. The maximum Gasteiger partial charge on any atom is 0.324 e. The van der Waals surface area contributed by atoms with Gasteiger partial charge in [-0.25, -0.2) is 8.42 Å². The standard InChI is InChI=1S/C16H21NO6S/c1-10-13(15(18)19)17(7-8-22-10)24(20,21)12-6-4-5-11-9-16(2,3)23-14(11)12/h4-6,10,13H,7-9H2,1-3H3,(H,18,19)/t10-,13+/m1/s1. The van der Waals surface area contributed by atoms with Gasteiger partial charge in [0.05, 0.1) is 12.7 Å². The normalized spacial score (nSPS) is 26.6. The third-order valence-electron chi connectivity index (χ3n) is 4.34. The third-order valence-corrected chi connectivity index (χ3v) is 6.25. The first kappa shape index (κ1) is 17.2. The molecule has 132 valence electrons. The highest BCUT2D eigenvalue weighted by Gasteiger charge is 2.45. The van der Waals surface area contributed by atoms with Crippen LogP contribution in [0.3, 0.4) is 0 Å². The molecule has 1 saturated heterocycles. The molecule has 0 bridgehead atoms. The van der Waals surface area contributed by atoms with Crippen molar-refractivity contribution in [3.63, 3.8) is 0 Å². The van der Waals surface area contributed by atoms with Crippen LogP contribution in [0.2, 0.25) is 0 Å². The molecule has 0 amide bonds. The van der Waals surface area contributed by atoms with Crippen molar-refractivity contribution in [1.29, 1.82) is 0 Å². The Hall–Kier alpha value is -1.64. The number of ether oxygens (including phenoxy) is 2. The van der Waals surface area contributed by atoms with Gasteiger partial charge in [0.25, 0.3) is 0 Å². The number of aliphatic carboxylic acids is 1. The highest BCUT2D eigenvalue weighted by molar-refractivity contribution is 7.89. The molecule has 8 heteroatoms. The van der Waals surface area contributed by atoms with Crippen LogP contribution in [-0.4, -0.2) is 54.7 Å². The second kappa shape index (κ2) is 5.72. The van der Waals surface area contributed by atoms with E-state index in [9.17, 15) is 18.3 Å². The summed E-state index contributed by atoms with van der Waals surface area (Å²) in [5, 5.41) is 9.45. The summed E-state index contributed by atoms with van der Waals surface area (Å²) in [7, 11) is -4.02. The largest absolute Gasteiger partial charge is 0.486 e. The SMILES string of the molecule is C[C@H]1OCCN(S(=O)(=O)c2cccc3c2OC(C)(C)C3)[C@@H]1C(=O)O. The third kappa shape index (κ3) is 2.78. The van der Waals surface area contributed by atoms with Gasteiger partial charge in [-0.05, 0) is 32.4 Å². The lowest BCUT2D eigenvalue weighted by Gasteiger charge is -2.36. The van der Waals surface area contributed by atoms with E-state index in [-0.39, 0.29) is 18.0 Å². The highest BCUT2D eigenvalue weighted by Crippen LogP contribution is 2.41. The predicted octanol–water partition coefficient (Wildman–Crippen LogP) is 1.26. The number of sulfonamides is 1. The van der Waals surface area contributed by atoms with E-state index in [4.69, 9.17) is 9.47 Å². The summed E-state index contributed by atoms with van der Waals surface area (Å²) in [5.41, 5.74) is 0.326. The molecule has 1 aromatic carbocycles. The number of carboxylic acid groups (broad SMARTS) is 1. The van der Waals surface area contributed by atoms with Crippen molar-refractivity contribution < 1.29 is 27.8 Å². The van der Waals surface area contributed by atoms with Crippen LogP contribution in [0.25, 0.3) is 0 Å². The van der Waals surface area contributed by atoms with Gasteiger partial charge < -0.3 is 14.6 Å². The van der Waals surface area contributed by atoms with E-state index in [1.807, 2.05) is 19.9 Å². The molecule has 0 aliphatic carbocycles. The minimum absolute atomic E-state index is 0.00327. The first-order valence-corrected chi connectivity index (χ1v) is 9.25. The van der Waals surface area contributed by atoms with Crippen molar-refractivity contribution in [2.75, 3.05) is 13.2 Å². The Labute approximate surface area is 141 Å². The van der Waals surface area contributed by atoms with Gasteiger partial charge in [0.1, 0.15) is 22.3 Å². The zero-order valence-electron chi connectivity index (χ0n) is 13.9. The first-order chi connectivity index (χ1) is 11.1. The number of carbonyl (C=O) groups is 1. The van der Waals surface area contributed by atoms with Crippen molar-refractivity contribution in [2.24, 2.45) is 0 Å². The lowest BCUT2D eigenvalue weighted by atomic mass is 10.0. The summed E-state index contributed by atoms with van der Waals surface area (Å²) in [6.07, 6.45) is -0.117. The molecular weight excluding hydrogens is 334 g/mol. The molecule has 2 aliphatic rings. The van der Waals surface area contributed by atoms with E-state index in [0.717, 1.165) is 9.87 Å².